The molecule has 1 heterocycles. The average Bonchev–Trinajstić information content (AvgIpc) is 2.71. The maximum Gasteiger partial charge on any atom is 0.312 e. The monoisotopic (exact) mass is 300 g/mol. The van der Waals surface area contributed by atoms with Crippen molar-refractivity contribution < 1.29 is 14.3 Å². The van der Waals surface area contributed by atoms with E-state index in [2.05, 4.69) is 26.0 Å². The highest BCUT2D eigenvalue weighted by Crippen LogP contribution is 2.65. The van der Waals surface area contributed by atoms with Crippen LogP contribution in [0.4, 0.5) is 0 Å². The topological polar surface area (TPSA) is 43.4 Å². The van der Waals surface area contributed by atoms with E-state index < -0.39 is 0 Å². The molecule has 0 bridgehead atoms. The van der Waals surface area contributed by atoms with Gasteiger partial charge < -0.3 is 4.74 Å². The van der Waals surface area contributed by atoms with Gasteiger partial charge in [-0.2, -0.15) is 0 Å². The number of carbonyl (C=O) groups is 2. The number of carbonyl (C=O) groups excluding carboxylic acids is 2. The van der Waals surface area contributed by atoms with Crippen LogP contribution < -0.4 is 0 Å². The van der Waals surface area contributed by atoms with Gasteiger partial charge in [-0.1, -0.05) is 19.4 Å². The Morgan fingerprint density at radius 3 is 2.82 bits per heavy atom. The van der Waals surface area contributed by atoms with E-state index in [1.54, 1.807) is 6.92 Å². The molecule has 0 N–H and O–H groups in total. The molecule has 0 aromatic heterocycles. The van der Waals surface area contributed by atoms with Gasteiger partial charge in [-0.05, 0) is 68.1 Å². The van der Waals surface area contributed by atoms with Crippen LogP contribution in [0.2, 0.25) is 0 Å². The maximum absolute atomic E-state index is 12.5. The van der Waals surface area contributed by atoms with Crippen molar-refractivity contribution in [3.8, 4) is 0 Å². The van der Waals surface area contributed by atoms with Crippen LogP contribution in [0.3, 0.4) is 0 Å². The van der Waals surface area contributed by atoms with Crippen molar-refractivity contribution in [1.29, 1.82) is 0 Å². The van der Waals surface area contributed by atoms with E-state index in [0.717, 1.165) is 37.7 Å². The number of esters is 1. The zero-order chi connectivity index (χ0) is 15.7. The molecule has 3 aliphatic carbocycles. The number of allylic oxidation sites excluding steroid dienone is 3. The molecule has 1 aliphatic heterocycles. The number of ketones is 1. The number of fused-ring (bicyclic) bond motifs is 2. The van der Waals surface area contributed by atoms with Gasteiger partial charge in [0.15, 0.2) is 5.78 Å². The second-order valence-electron chi connectivity index (χ2n) is 8.11. The second-order valence-corrected chi connectivity index (χ2v) is 8.11. The lowest BCUT2D eigenvalue weighted by molar-refractivity contribution is -0.148. The molecule has 1 saturated carbocycles. The van der Waals surface area contributed by atoms with Crippen molar-refractivity contribution >= 4 is 11.8 Å². The van der Waals surface area contributed by atoms with Gasteiger partial charge in [0.05, 0.1) is 5.41 Å². The van der Waals surface area contributed by atoms with Gasteiger partial charge >= 0.3 is 5.97 Å². The number of hydrogen-bond acceptors (Lipinski definition) is 3. The zero-order valence-corrected chi connectivity index (χ0v) is 13.6. The molecule has 3 nitrogen and oxygen atoms in total. The summed E-state index contributed by atoms with van der Waals surface area (Å²) >= 11 is 0. The molecule has 1 saturated heterocycles. The molecular weight excluding hydrogens is 276 g/mol. The minimum Gasteiger partial charge on any atom is -0.457 e. The molecule has 0 spiro atoms. The summed E-state index contributed by atoms with van der Waals surface area (Å²) in [5.41, 5.74) is 1.96. The van der Waals surface area contributed by atoms with Crippen LogP contribution in [-0.2, 0) is 14.3 Å². The van der Waals surface area contributed by atoms with E-state index in [1.165, 1.54) is 5.57 Å². The van der Waals surface area contributed by atoms with Crippen LogP contribution in [0.1, 0.15) is 52.9 Å². The fourth-order valence-electron chi connectivity index (χ4n) is 5.87. The summed E-state index contributed by atoms with van der Waals surface area (Å²) in [5.74, 6) is 0.913. The van der Waals surface area contributed by atoms with Crippen LogP contribution in [0, 0.1) is 22.7 Å². The summed E-state index contributed by atoms with van der Waals surface area (Å²) in [6.45, 7) is 6.11. The third kappa shape index (κ3) is 1.63. The average molecular weight is 300 g/mol. The summed E-state index contributed by atoms with van der Waals surface area (Å²) in [6, 6.07) is 0. The molecule has 5 atom stereocenters. The summed E-state index contributed by atoms with van der Waals surface area (Å²) < 4.78 is 5.76. The Hall–Kier alpha value is -1.38. The highest BCUT2D eigenvalue weighted by Gasteiger charge is 2.65. The molecule has 4 rings (SSSR count). The van der Waals surface area contributed by atoms with E-state index in [4.69, 9.17) is 4.74 Å². The molecule has 3 heteroatoms. The minimum atomic E-state index is -0.315. The summed E-state index contributed by atoms with van der Waals surface area (Å²) in [4.78, 5) is 24.2. The second kappa shape index (κ2) is 4.33. The Morgan fingerprint density at radius 1 is 1.32 bits per heavy atom. The van der Waals surface area contributed by atoms with Crippen LogP contribution in [0.25, 0.3) is 0 Å². The molecule has 0 aromatic carbocycles. The number of rotatable bonds is 1. The molecule has 0 unspecified atom stereocenters. The first kappa shape index (κ1) is 14.2. The van der Waals surface area contributed by atoms with Crippen molar-refractivity contribution in [3.05, 3.63) is 23.3 Å². The first-order valence-corrected chi connectivity index (χ1v) is 8.50. The van der Waals surface area contributed by atoms with Crippen LogP contribution in [0.5, 0.6) is 0 Å². The highest BCUT2D eigenvalue weighted by atomic mass is 16.6. The minimum absolute atomic E-state index is 0.0142. The van der Waals surface area contributed by atoms with Gasteiger partial charge in [0.25, 0.3) is 0 Å². The smallest absolute Gasteiger partial charge is 0.312 e. The molecule has 4 aliphatic rings. The lowest BCUT2D eigenvalue weighted by Crippen LogP contribution is -2.52. The standard InChI is InChI=1S/C19H24O3/c1-11(20)12-5-6-14-13(9-12)10-15-16-18(14,2)7-4-8-19(16,3)17(21)22-15/h9-10,14-16H,4-8H2,1-3H3/t14-,15-,16-,18-,19+/m1/s1. The quantitative estimate of drug-likeness (QED) is 0.695. The van der Waals surface area contributed by atoms with Crippen molar-refractivity contribution in [2.24, 2.45) is 22.7 Å². The largest absolute Gasteiger partial charge is 0.457 e. The lowest BCUT2D eigenvalue weighted by Gasteiger charge is -2.55. The maximum atomic E-state index is 12.5. The van der Waals surface area contributed by atoms with Gasteiger partial charge in [-0.3, -0.25) is 9.59 Å². The van der Waals surface area contributed by atoms with Gasteiger partial charge in [0.2, 0.25) is 0 Å². The first-order chi connectivity index (χ1) is 10.4. The predicted octanol–water partition coefficient (Wildman–Crippen LogP) is 3.59. The van der Waals surface area contributed by atoms with Crippen molar-refractivity contribution in [3.63, 3.8) is 0 Å². The van der Waals surface area contributed by atoms with E-state index in [-0.39, 0.29) is 28.7 Å². The summed E-state index contributed by atoms with van der Waals surface area (Å²) in [7, 11) is 0. The molecule has 22 heavy (non-hydrogen) atoms. The van der Waals surface area contributed by atoms with Gasteiger partial charge in [-0.25, -0.2) is 0 Å². The number of ether oxygens (including phenoxy) is 1. The zero-order valence-electron chi connectivity index (χ0n) is 13.6. The molecule has 0 aromatic rings. The first-order valence-electron chi connectivity index (χ1n) is 8.50. The molecule has 118 valence electrons. The third-order valence-corrected chi connectivity index (χ3v) is 6.90. The Bertz CT molecular complexity index is 629. The van der Waals surface area contributed by atoms with Crippen LogP contribution >= 0.6 is 0 Å². The van der Waals surface area contributed by atoms with Crippen LogP contribution in [0.15, 0.2) is 23.3 Å². The fourth-order valence-corrected chi connectivity index (χ4v) is 5.87. The van der Waals surface area contributed by atoms with Crippen molar-refractivity contribution in [1.82, 2.24) is 0 Å². The van der Waals surface area contributed by atoms with Crippen LogP contribution in [-0.4, -0.2) is 17.9 Å². The highest BCUT2D eigenvalue weighted by molar-refractivity contribution is 5.94. The fraction of sp³-hybridized carbons (Fsp3) is 0.684. The predicted molar refractivity (Wildman–Crippen MR) is 83.0 cm³/mol. The van der Waals surface area contributed by atoms with Gasteiger partial charge in [0.1, 0.15) is 6.10 Å². The Labute approximate surface area is 131 Å². The van der Waals surface area contributed by atoms with Crippen molar-refractivity contribution in [2.75, 3.05) is 0 Å². The number of hydrogen-bond donors (Lipinski definition) is 0. The van der Waals surface area contributed by atoms with E-state index in [9.17, 15) is 9.59 Å². The Balaban J connectivity index is 1.84. The summed E-state index contributed by atoms with van der Waals surface area (Å²) in [6.07, 6.45) is 9.23. The van der Waals surface area contributed by atoms with E-state index in [0.29, 0.717) is 11.8 Å². The Morgan fingerprint density at radius 2 is 2.09 bits per heavy atom. The van der Waals surface area contributed by atoms with Crippen molar-refractivity contribution in [2.45, 2.75) is 59.0 Å². The van der Waals surface area contributed by atoms with E-state index in [1.807, 2.05) is 0 Å². The third-order valence-electron chi connectivity index (χ3n) is 6.90. The molecular formula is C19H24O3. The Kier molecular flexibility index (Phi) is 2.80. The lowest BCUT2D eigenvalue weighted by atomic mass is 9.47. The van der Waals surface area contributed by atoms with Gasteiger partial charge in [0, 0.05) is 5.92 Å². The van der Waals surface area contributed by atoms with Gasteiger partial charge in [-0.15, -0.1) is 0 Å². The molecule has 2 fully saturated rings. The summed E-state index contributed by atoms with van der Waals surface area (Å²) in [5, 5.41) is 0. The molecule has 0 amide bonds. The van der Waals surface area contributed by atoms with E-state index >= 15 is 0 Å². The molecule has 0 radical (unpaired) electrons. The SMILES string of the molecule is CC(=O)C1=CC2=C[C@H]3OC(=O)[C@@]4(C)CCC[C@](C)([C@@H]2CC1)[C@@H]34. The normalized spacial score (nSPS) is 46.1. The number of Topliss-reactive ketones (excluding diaryl/α,β-unsaturated/α-hetero) is 1.